The molecule has 2 aliphatic heterocycles. The minimum Gasteiger partial charge on any atom is -0.315 e. The molecule has 0 N–H and O–H groups in total. The Hall–Kier alpha value is -1.95. The van der Waals surface area contributed by atoms with Crippen LogP contribution in [0.5, 0.6) is 0 Å². The Morgan fingerprint density at radius 1 is 1.14 bits per heavy atom. The second kappa shape index (κ2) is 7.82. The maximum absolute atomic E-state index is 13.2. The summed E-state index contributed by atoms with van der Waals surface area (Å²) in [5.41, 5.74) is 0.0750. The molecule has 9 heteroatoms. The van der Waals surface area contributed by atoms with Crippen LogP contribution in [-0.4, -0.2) is 40.6 Å². The third-order valence-corrected chi connectivity index (χ3v) is 7.73. The first-order valence-electron chi connectivity index (χ1n) is 9.62. The second-order valence-corrected chi connectivity index (χ2v) is 9.73. The normalized spacial score (nSPS) is 20.9. The highest BCUT2D eigenvalue weighted by Crippen LogP contribution is 2.32. The van der Waals surface area contributed by atoms with E-state index in [2.05, 4.69) is 14.8 Å². The third kappa shape index (κ3) is 3.54. The molecule has 148 valence electrons. The molecule has 0 saturated carbocycles. The van der Waals surface area contributed by atoms with Gasteiger partial charge in [0.05, 0.1) is 5.56 Å². The summed E-state index contributed by atoms with van der Waals surface area (Å²) in [4.78, 5) is 0.0140. The van der Waals surface area contributed by atoms with E-state index in [0.29, 0.717) is 18.1 Å². The number of nitriles is 1. The van der Waals surface area contributed by atoms with E-state index in [4.69, 9.17) is 11.6 Å². The Balaban J connectivity index is 1.63. The first kappa shape index (κ1) is 19.4. The summed E-state index contributed by atoms with van der Waals surface area (Å²) >= 11 is 5.93. The maximum Gasteiger partial charge on any atom is 0.244 e. The van der Waals surface area contributed by atoms with Gasteiger partial charge in [0, 0.05) is 37.0 Å². The van der Waals surface area contributed by atoms with Gasteiger partial charge in [0.1, 0.15) is 22.6 Å². The number of halogens is 1. The van der Waals surface area contributed by atoms with E-state index in [0.717, 1.165) is 50.3 Å². The highest BCUT2D eigenvalue weighted by molar-refractivity contribution is 7.89. The van der Waals surface area contributed by atoms with Crippen LogP contribution in [0.4, 0.5) is 0 Å². The molecule has 1 aromatic heterocycles. The van der Waals surface area contributed by atoms with Crippen LogP contribution in [0.15, 0.2) is 23.1 Å². The van der Waals surface area contributed by atoms with E-state index in [1.54, 1.807) is 0 Å². The van der Waals surface area contributed by atoms with Crippen LogP contribution in [0.2, 0.25) is 5.02 Å². The standard InChI is InChI=1S/C19H22ClN5O2S/c20-16-7-8-17(15(11-16)12-21)28(26,27)24-9-4-5-14(13-24)19-23-22-18-6-2-1-3-10-25(18)19/h7-8,11,14H,1-6,9-10,13H2. The van der Waals surface area contributed by atoms with E-state index in [9.17, 15) is 13.7 Å². The van der Waals surface area contributed by atoms with Crippen LogP contribution in [0.25, 0.3) is 0 Å². The van der Waals surface area contributed by atoms with Crippen LogP contribution in [0.1, 0.15) is 55.2 Å². The van der Waals surface area contributed by atoms with Crippen molar-refractivity contribution in [2.45, 2.75) is 55.9 Å². The molecule has 0 radical (unpaired) electrons. The van der Waals surface area contributed by atoms with Gasteiger partial charge in [-0.15, -0.1) is 10.2 Å². The highest BCUT2D eigenvalue weighted by Gasteiger charge is 2.34. The number of benzene rings is 1. The van der Waals surface area contributed by atoms with E-state index in [1.165, 1.54) is 28.9 Å². The molecule has 1 aromatic carbocycles. The molecule has 2 aromatic rings. The van der Waals surface area contributed by atoms with E-state index >= 15 is 0 Å². The average Bonchev–Trinajstić information content (AvgIpc) is 2.96. The average molecular weight is 420 g/mol. The number of aromatic nitrogens is 3. The van der Waals surface area contributed by atoms with Gasteiger partial charge in [0.15, 0.2) is 0 Å². The van der Waals surface area contributed by atoms with Crippen molar-refractivity contribution in [3.05, 3.63) is 40.4 Å². The van der Waals surface area contributed by atoms with E-state index in [1.807, 2.05) is 6.07 Å². The summed E-state index contributed by atoms with van der Waals surface area (Å²) < 4.78 is 30.1. The van der Waals surface area contributed by atoms with Gasteiger partial charge in [0.2, 0.25) is 10.0 Å². The summed E-state index contributed by atoms with van der Waals surface area (Å²) in [7, 11) is -3.78. The fourth-order valence-electron chi connectivity index (χ4n) is 4.13. The Morgan fingerprint density at radius 2 is 2.00 bits per heavy atom. The molecule has 2 aliphatic rings. The third-order valence-electron chi connectivity index (χ3n) is 5.57. The van der Waals surface area contributed by atoms with Crippen molar-refractivity contribution >= 4 is 21.6 Å². The molecule has 3 heterocycles. The largest absolute Gasteiger partial charge is 0.315 e. The zero-order valence-electron chi connectivity index (χ0n) is 15.5. The van der Waals surface area contributed by atoms with Gasteiger partial charge in [-0.25, -0.2) is 8.42 Å². The summed E-state index contributed by atoms with van der Waals surface area (Å²) in [6.07, 6.45) is 5.97. The molecular weight excluding hydrogens is 398 g/mol. The Bertz CT molecular complexity index is 1030. The summed E-state index contributed by atoms with van der Waals surface area (Å²) in [5.74, 6) is 1.92. The lowest BCUT2D eigenvalue weighted by atomic mass is 9.99. The minimum atomic E-state index is -3.78. The zero-order valence-corrected chi connectivity index (χ0v) is 17.1. The van der Waals surface area contributed by atoms with Crippen molar-refractivity contribution in [2.75, 3.05) is 13.1 Å². The highest BCUT2D eigenvalue weighted by atomic mass is 35.5. The van der Waals surface area contributed by atoms with Gasteiger partial charge in [-0.1, -0.05) is 18.0 Å². The first-order chi connectivity index (χ1) is 13.5. The SMILES string of the molecule is N#Cc1cc(Cl)ccc1S(=O)(=O)N1CCCC(c2nnc3n2CCCCC3)C1. The lowest BCUT2D eigenvalue weighted by Gasteiger charge is -2.31. The monoisotopic (exact) mass is 419 g/mol. The second-order valence-electron chi connectivity index (χ2n) is 7.39. The quantitative estimate of drug-likeness (QED) is 0.762. The van der Waals surface area contributed by atoms with Crippen molar-refractivity contribution < 1.29 is 8.42 Å². The molecular formula is C19H22ClN5O2S. The van der Waals surface area contributed by atoms with Crippen LogP contribution in [0.3, 0.4) is 0 Å². The summed E-state index contributed by atoms with van der Waals surface area (Å²) in [6, 6.07) is 6.28. The maximum atomic E-state index is 13.2. The Labute approximate surface area is 170 Å². The number of rotatable bonds is 3. The van der Waals surface area contributed by atoms with E-state index < -0.39 is 10.0 Å². The predicted octanol–water partition coefficient (Wildman–Crippen LogP) is 3.10. The van der Waals surface area contributed by atoms with Gasteiger partial charge < -0.3 is 4.57 Å². The summed E-state index contributed by atoms with van der Waals surface area (Å²) in [6.45, 7) is 1.69. The Morgan fingerprint density at radius 3 is 2.82 bits per heavy atom. The zero-order chi connectivity index (χ0) is 19.7. The van der Waals surface area contributed by atoms with Gasteiger partial charge in [-0.3, -0.25) is 0 Å². The lowest BCUT2D eigenvalue weighted by Crippen LogP contribution is -2.40. The van der Waals surface area contributed by atoms with Crippen LogP contribution in [-0.2, 0) is 23.0 Å². The van der Waals surface area contributed by atoms with Crippen molar-refractivity contribution in [1.29, 1.82) is 5.26 Å². The molecule has 0 aliphatic carbocycles. The van der Waals surface area contributed by atoms with Gasteiger partial charge >= 0.3 is 0 Å². The fraction of sp³-hybridized carbons (Fsp3) is 0.526. The first-order valence-corrected chi connectivity index (χ1v) is 11.4. The molecule has 7 nitrogen and oxygen atoms in total. The van der Waals surface area contributed by atoms with Crippen molar-refractivity contribution in [1.82, 2.24) is 19.1 Å². The minimum absolute atomic E-state index is 0.0140. The number of aryl methyl sites for hydroxylation is 1. The number of piperidine rings is 1. The van der Waals surface area contributed by atoms with Crippen LogP contribution in [0, 0.1) is 11.3 Å². The number of hydrogen-bond acceptors (Lipinski definition) is 5. The molecule has 1 saturated heterocycles. The number of fused-ring (bicyclic) bond motifs is 1. The molecule has 1 atom stereocenters. The molecule has 28 heavy (non-hydrogen) atoms. The smallest absolute Gasteiger partial charge is 0.244 e. The number of sulfonamides is 1. The molecule has 0 amide bonds. The van der Waals surface area contributed by atoms with E-state index in [-0.39, 0.29) is 16.4 Å². The fourth-order valence-corrected chi connectivity index (χ4v) is 5.95. The number of nitrogens with zero attached hydrogens (tertiary/aromatic N) is 5. The van der Waals surface area contributed by atoms with Crippen molar-refractivity contribution in [2.24, 2.45) is 0 Å². The molecule has 0 bridgehead atoms. The number of hydrogen-bond donors (Lipinski definition) is 0. The topological polar surface area (TPSA) is 91.9 Å². The van der Waals surface area contributed by atoms with Crippen molar-refractivity contribution in [3.63, 3.8) is 0 Å². The van der Waals surface area contributed by atoms with Crippen molar-refractivity contribution in [3.8, 4) is 6.07 Å². The van der Waals surface area contributed by atoms with Crippen LogP contribution < -0.4 is 0 Å². The predicted molar refractivity (Wildman–Crippen MR) is 104 cm³/mol. The molecule has 1 fully saturated rings. The van der Waals surface area contributed by atoms with Gasteiger partial charge in [-0.05, 0) is 43.9 Å². The van der Waals surface area contributed by atoms with Gasteiger partial charge in [0.25, 0.3) is 0 Å². The Kier molecular flexibility index (Phi) is 5.41. The molecule has 4 rings (SSSR count). The van der Waals surface area contributed by atoms with Crippen LogP contribution >= 0.6 is 11.6 Å². The molecule has 1 unspecified atom stereocenters. The molecule has 0 spiro atoms. The van der Waals surface area contributed by atoms with Gasteiger partial charge in [-0.2, -0.15) is 9.57 Å². The lowest BCUT2D eigenvalue weighted by molar-refractivity contribution is 0.304. The summed E-state index contributed by atoms with van der Waals surface area (Å²) in [5, 5.41) is 18.5.